The smallest absolute Gasteiger partial charge is 0.421 e. The second-order valence-corrected chi connectivity index (χ2v) is 6.29. The Labute approximate surface area is 136 Å². The summed E-state index contributed by atoms with van der Waals surface area (Å²) in [5.74, 6) is -1.70. The summed E-state index contributed by atoms with van der Waals surface area (Å²) in [6, 6.07) is 4.50. The molecule has 0 radical (unpaired) electrons. The average Bonchev–Trinajstić information content (AvgIpc) is 2.36. The molecule has 6 heteroatoms. The Morgan fingerprint density at radius 3 is 2.30 bits per heavy atom. The molecule has 0 spiro atoms. The van der Waals surface area contributed by atoms with Gasteiger partial charge in [-0.2, -0.15) is 0 Å². The van der Waals surface area contributed by atoms with Crippen molar-refractivity contribution >= 4 is 23.7 Å². The molecular weight excluding hydrogens is 298 g/mol. The van der Waals surface area contributed by atoms with Gasteiger partial charge in [0.1, 0.15) is 5.60 Å². The van der Waals surface area contributed by atoms with Crippen molar-refractivity contribution in [3.8, 4) is 0 Å². The number of amides is 2. The number of carboxylic acid groups (broad SMARTS) is 1. The summed E-state index contributed by atoms with van der Waals surface area (Å²) in [5.41, 5.74) is -0.145. The normalized spacial score (nSPS) is 11.0. The lowest BCUT2D eigenvalue weighted by Gasteiger charge is -2.27. The number of aromatic carboxylic acids is 1. The van der Waals surface area contributed by atoms with E-state index in [4.69, 9.17) is 4.74 Å². The van der Waals surface area contributed by atoms with Gasteiger partial charge >= 0.3 is 12.1 Å². The number of hydrogen-bond donors (Lipinski definition) is 1. The lowest BCUT2D eigenvalue weighted by molar-refractivity contribution is -0.118. The zero-order valence-electron chi connectivity index (χ0n) is 14.2. The van der Waals surface area contributed by atoms with E-state index >= 15 is 0 Å². The van der Waals surface area contributed by atoms with E-state index in [0.29, 0.717) is 6.42 Å². The Kier molecular flexibility index (Phi) is 5.90. The van der Waals surface area contributed by atoms with Gasteiger partial charge in [0.15, 0.2) is 0 Å². The van der Waals surface area contributed by atoms with E-state index in [1.807, 2.05) is 0 Å². The van der Waals surface area contributed by atoms with E-state index in [0.717, 1.165) is 10.5 Å². The van der Waals surface area contributed by atoms with Gasteiger partial charge in [0.25, 0.3) is 0 Å². The summed E-state index contributed by atoms with van der Waals surface area (Å²) in [5, 5.41) is 9.34. The molecular formula is C17H23NO5. The minimum absolute atomic E-state index is 0.0326. The first-order valence-corrected chi connectivity index (χ1v) is 7.46. The van der Waals surface area contributed by atoms with Gasteiger partial charge in [0.05, 0.1) is 11.3 Å². The Morgan fingerprint density at radius 2 is 1.83 bits per heavy atom. The number of anilines is 1. The van der Waals surface area contributed by atoms with Crippen LogP contribution in [-0.4, -0.2) is 28.7 Å². The van der Waals surface area contributed by atoms with Gasteiger partial charge in [-0.05, 0) is 51.8 Å². The molecule has 0 heterocycles. The van der Waals surface area contributed by atoms with Crippen molar-refractivity contribution in [2.45, 2.75) is 53.1 Å². The van der Waals surface area contributed by atoms with Crippen LogP contribution in [0.3, 0.4) is 0 Å². The van der Waals surface area contributed by atoms with Crippen molar-refractivity contribution in [3.05, 3.63) is 29.3 Å². The Bertz CT molecular complexity index is 616. The highest BCUT2D eigenvalue weighted by Gasteiger charge is 2.31. The fourth-order valence-corrected chi connectivity index (χ4v) is 1.98. The summed E-state index contributed by atoms with van der Waals surface area (Å²) < 4.78 is 5.27. The second kappa shape index (κ2) is 7.26. The highest BCUT2D eigenvalue weighted by molar-refractivity contribution is 6.15. The van der Waals surface area contributed by atoms with E-state index in [2.05, 4.69) is 0 Å². The van der Waals surface area contributed by atoms with Gasteiger partial charge in [-0.1, -0.05) is 13.0 Å². The molecule has 2 amide bonds. The van der Waals surface area contributed by atoms with E-state index in [1.165, 1.54) is 12.1 Å². The van der Waals surface area contributed by atoms with Gasteiger partial charge in [-0.15, -0.1) is 0 Å². The highest BCUT2D eigenvalue weighted by Crippen LogP contribution is 2.26. The maximum Gasteiger partial charge on any atom is 0.421 e. The fraction of sp³-hybridized carbons (Fsp3) is 0.471. The molecule has 1 rings (SSSR count). The van der Waals surface area contributed by atoms with Crippen molar-refractivity contribution in [1.82, 2.24) is 0 Å². The highest BCUT2D eigenvalue weighted by atomic mass is 16.6. The Morgan fingerprint density at radius 1 is 1.22 bits per heavy atom. The molecule has 0 saturated heterocycles. The summed E-state index contributed by atoms with van der Waals surface area (Å²) in [7, 11) is 0. The minimum atomic E-state index is -1.21. The van der Waals surface area contributed by atoms with Crippen LogP contribution >= 0.6 is 0 Å². The van der Waals surface area contributed by atoms with E-state index < -0.39 is 23.6 Å². The van der Waals surface area contributed by atoms with Crippen molar-refractivity contribution in [2.24, 2.45) is 0 Å². The first kappa shape index (κ1) is 18.7. The van der Waals surface area contributed by atoms with Crippen LogP contribution < -0.4 is 4.90 Å². The summed E-state index contributed by atoms with van der Waals surface area (Å²) in [6.45, 7) is 8.61. The van der Waals surface area contributed by atoms with Crippen LogP contribution in [0.25, 0.3) is 0 Å². The lowest BCUT2D eigenvalue weighted by atomic mass is 10.1. The number of carboxylic acids is 1. The maximum absolute atomic E-state index is 12.5. The number of imide groups is 1. The van der Waals surface area contributed by atoms with Crippen LogP contribution in [0.5, 0.6) is 0 Å². The summed E-state index contributed by atoms with van der Waals surface area (Å²) >= 11 is 0. The number of aryl methyl sites for hydroxylation is 1. The van der Waals surface area contributed by atoms with Gasteiger partial charge in [-0.3, -0.25) is 4.79 Å². The van der Waals surface area contributed by atoms with Crippen LogP contribution in [-0.2, 0) is 9.53 Å². The van der Waals surface area contributed by atoms with Gasteiger partial charge in [0.2, 0.25) is 5.91 Å². The number of carbonyl (C=O) groups is 3. The predicted molar refractivity (Wildman–Crippen MR) is 86.8 cm³/mol. The van der Waals surface area contributed by atoms with Crippen molar-refractivity contribution < 1.29 is 24.2 Å². The summed E-state index contributed by atoms with van der Waals surface area (Å²) in [6.07, 6.45) is -0.220. The first-order valence-electron chi connectivity index (χ1n) is 7.46. The average molecular weight is 321 g/mol. The van der Waals surface area contributed by atoms with Gasteiger partial charge in [0, 0.05) is 6.42 Å². The SMILES string of the molecule is CCCC(=O)N(C(=O)OC(C)(C)C)c1cc(C)ccc1C(=O)O. The van der Waals surface area contributed by atoms with Crippen molar-refractivity contribution in [3.63, 3.8) is 0 Å². The van der Waals surface area contributed by atoms with Crippen LogP contribution in [0.1, 0.15) is 56.5 Å². The Balaban J connectivity index is 3.40. The predicted octanol–water partition coefficient (Wildman–Crippen LogP) is 3.76. The van der Waals surface area contributed by atoms with E-state index in [9.17, 15) is 19.5 Å². The molecule has 0 aromatic heterocycles. The molecule has 126 valence electrons. The second-order valence-electron chi connectivity index (χ2n) is 6.29. The number of benzene rings is 1. The van der Waals surface area contributed by atoms with Crippen molar-refractivity contribution in [2.75, 3.05) is 4.90 Å². The molecule has 1 aromatic rings. The minimum Gasteiger partial charge on any atom is -0.478 e. The molecule has 0 bridgehead atoms. The molecule has 6 nitrogen and oxygen atoms in total. The molecule has 1 N–H and O–H groups in total. The van der Waals surface area contributed by atoms with Crippen LogP contribution in [0.15, 0.2) is 18.2 Å². The third-order valence-corrected chi connectivity index (χ3v) is 2.91. The monoisotopic (exact) mass is 321 g/mol. The fourth-order valence-electron chi connectivity index (χ4n) is 1.98. The molecule has 0 unspecified atom stereocenters. The molecule has 0 fully saturated rings. The molecule has 0 aliphatic heterocycles. The van der Waals surface area contributed by atoms with Crippen LogP contribution in [0, 0.1) is 6.92 Å². The van der Waals surface area contributed by atoms with Gasteiger partial charge < -0.3 is 9.84 Å². The zero-order chi connectivity index (χ0) is 17.8. The standard InChI is InChI=1S/C17H23NO5/c1-6-7-14(19)18(16(22)23-17(3,4)5)13-10-11(2)8-9-12(13)15(20)21/h8-10H,6-7H2,1-5H3,(H,20,21). The van der Waals surface area contributed by atoms with Crippen LogP contribution in [0.2, 0.25) is 0 Å². The molecule has 0 aliphatic rings. The number of carbonyl (C=O) groups excluding carboxylic acids is 2. The zero-order valence-corrected chi connectivity index (χ0v) is 14.2. The molecule has 0 atom stereocenters. The third kappa shape index (κ3) is 5.09. The quantitative estimate of drug-likeness (QED) is 0.912. The maximum atomic E-state index is 12.5. The molecule has 1 aromatic carbocycles. The van der Waals surface area contributed by atoms with Gasteiger partial charge in [-0.25, -0.2) is 14.5 Å². The summed E-state index contributed by atoms with van der Waals surface area (Å²) in [4.78, 5) is 37.1. The Hall–Kier alpha value is -2.37. The van der Waals surface area contributed by atoms with E-state index in [1.54, 1.807) is 40.7 Å². The number of ether oxygens (including phenoxy) is 1. The topological polar surface area (TPSA) is 83.9 Å². The van der Waals surface area contributed by atoms with Crippen molar-refractivity contribution in [1.29, 1.82) is 0 Å². The number of rotatable bonds is 4. The largest absolute Gasteiger partial charge is 0.478 e. The number of hydrogen-bond acceptors (Lipinski definition) is 4. The van der Waals surface area contributed by atoms with E-state index in [-0.39, 0.29) is 17.7 Å². The first-order chi connectivity index (χ1) is 10.6. The number of nitrogens with zero attached hydrogens (tertiary/aromatic N) is 1. The molecule has 23 heavy (non-hydrogen) atoms. The van der Waals surface area contributed by atoms with Crippen LogP contribution in [0.4, 0.5) is 10.5 Å². The lowest BCUT2D eigenvalue weighted by Crippen LogP contribution is -2.41. The molecule has 0 saturated carbocycles. The third-order valence-electron chi connectivity index (χ3n) is 2.91. The molecule has 0 aliphatic carbocycles.